The van der Waals surface area contributed by atoms with Crippen LogP contribution in [0.3, 0.4) is 0 Å². The van der Waals surface area contributed by atoms with Gasteiger partial charge in [0.25, 0.3) is 0 Å². The van der Waals surface area contributed by atoms with Crippen molar-refractivity contribution in [2.45, 2.75) is 31.8 Å². The van der Waals surface area contributed by atoms with Gasteiger partial charge in [-0.05, 0) is 37.1 Å². The highest BCUT2D eigenvalue weighted by molar-refractivity contribution is 5.95. The molecular weight excluding hydrogens is 306 g/mol. The van der Waals surface area contributed by atoms with Crippen molar-refractivity contribution in [3.63, 3.8) is 0 Å². The van der Waals surface area contributed by atoms with Crippen LogP contribution in [0.1, 0.15) is 18.7 Å². The second kappa shape index (κ2) is 6.70. The van der Waals surface area contributed by atoms with Crippen molar-refractivity contribution in [1.29, 1.82) is 0 Å². The second-order valence-corrected chi connectivity index (χ2v) is 6.20. The van der Waals surface area contributed by atoms with Gasteiger partial charge in [-0.25, -0.2) is 0 Å². The number of carbonyl (C=O) groups excluding carboxylic acids is 1. The van der Waals surface area contributed by atoms with Crippen molar-refractivity contribution in [3.05, 3.63) is 30.1 Å². The summed E-state index contributed by atoms with van der Waals surface area (Å²) in [6.07, 6.45) is 3.35. The predicted molar refractivity (Wildman–Crippen MR) is 89.6 cm³/mol. The molecule has 7 heteroatoms. The molecule has 0 radical (unpaired) electrons. The van der Waals surface area contributed by atoms with E-state index in [4.69, 9.17) is 4.74 Å². The zero-order valence-corrected chi connectivity index (χ0v) is 13.5. The van der Waals surface area contributed by atoms with Crippen molar-refractivity contribution in [3.8, 4) is 11.4 Å². The van der Waals surface area contributed by atoms with E-state index in [9.17, 15) is 4.79 Å². The van der Waals surface area contributed by atoms with Crippen LogP contribution in [0, 0.1) is 0 Å². The monoisotopic (exact) mass is 327 g/mol. The smallest absolute Gasteiger partial charge is 0.243 e. The number of rotatable bonds is 3. The van der Waals surface area contributed by atoms with Gasteiger partial charge in [0.1, 0.15) is 11.9 Å². The van der Waals surface area contributed by atoms with Crippen LogP contribution in [0.2, 0.25) is 0 Å². The molecule has 1 fully saturated rings. The molecule has 7 nitrogen and oxygen atoms in total. The van der Waals surface area contributed by atoms with E-state index in [0.29, 0.717) is 19.8 Å². The molecule has 4 rings (SSSR count). The lowest BCUT2D eigenvalue weighted by atomic mass is 10.1. The van der Waals surface area contributed by atoms with Crippen molar-refractivity contribution in [2.24, 2.45) is 0 Å². The number of amides is 1. The number of nitrogens with zero attached hydrogens (tertiary/aromatic N) is 3. The summed E-state index contributed by atoms with van der Waals surface area (Å²) in [5, 5.41) is 14.7. The van der Waals surface area contributed by atoms with Crippen LogP contribution in [0.25, 0.3) is 11.4 Å². The van der Waals surface area contributed by atoms with Gasteiger partial charge in [-0.3, -0.25) is 4.79 Å². The molecule has 2 N–H and O–H groups in total. The minimum absolute atomic E-state index is 0.0673. The first-order valence-electron chi connectivity index (χ1n) is 8.46. The highest BCUT2D eigenvalue weighted by Gasteiger charge is 2.21. The lowest BCUT2D eigenvalue weighted by Gasteiger charge is -2.22. The van der Waals surface area contributed by atoms with Crippen LogP contribution in [0.5, 0.6) is 0 Å². The number of aryl methyl sites for hydroxylation is 1. The fourth-order valence-electron chi connectivity index (χ4n) is 3.19. The van der Waals surface area contributed by atoms with Crippen LogP contribution in [0.4, 0.5) is 5.69 Å². The maximum atomic E-state index is 12.2. The summed E-state index contributed by atoms with van der Waals surface area (Å²) in [5.41, 5.74) is 1.79. The van der Waals surface area contributed by atoms with E-state index >= 15 is 0 Å². The molecule has 3 heterocycles. The largest absolute Gasteiger partial charge is 0.378 e. The van der Waals surface area contributed by atoms with Crippen LogP contribution in [-0.2, 0) is 22.5 Å². The fraction of sp³-hybridized carbons (Fsp3) is 0.471. The average molecular weight is 327 g/mol. The molecule has 0 aliphatic carbocycles. The Morgan fingerprint density at radius 3 is 2.92 bits per heavy atom. The molecule has 0 saturated carbocycles. The number of fused-ring (bicyclic) bond motifs is 1. The zero-order valence-electron chi connectivity index (χ0n) is 13.5. The molecule has 2 aliphatic rings. The van der Waals surface area contributed by atoms with E-state index in [1.807, 2.05) is 24.3 Å². The number of morpholine rings is 1. The molecule has 1 saturated heterocycles. The quantitative estimate of drug-likeness (QED) is 0.885. The Bertz CT molecular complexity index is 719. The van der Waals surface area contributed by atoms with E-state index in [0.717, 1.165) is 35.9 Å². The van der Waals surface area contributed by atoms with Gasteiger partial charge in [0, 0.05) is 30.8 Å². The first-order chi connectivity index (χ1) is 11.8. The van der Waals surface area contributed by atoms with Gasteiger partial charge in [0.2, 0.25) is 5.91 Å². The minimum atomic E-state index is -0.290. The van der Waals surface area contributed by atoms with E-state index < -0.39 is 0 Å². The number of hydrogen-bond acceptors (Lipinski definition) is 5. The van der Waals surface area contributed by atoms with E-state index in [2.05, 4.69) is 25.4 Å². The zero-order chi connectivity index (χ0) is 16.4. The van der Waals surface area contributed by atoms with Crippen LogP contribution >= 0.6 is 0 Å². The van der Waals surface area contributed by atoms with Crippen molar-refractivity contribution >= 4 is 11.6 Å². The van der Waals surface area contributed by atoms with Gasteiger partial charge in [-0.2, -0.15) is 0 Å². The number of ether oxygens (including phenoxy) is 1. The maximum absolute atomic E-state index is 12.2. The second-order valence-electron chi connectivity index (χ2n) is 6.20. The molecule has 1 amide bonds. The third-order valence-corrected chi connectivity index (χ3v) is 4.51. The molecule has 1 atom stereocenters. The molecule has 24 heavy (non-hydrogen) atoms. The molecule has 126 valence electrons. The molecule has 0 bridgehead atoms. The van der Waals surface area contributed by atoms with Crippen LogP contribution in [-0.4, -0.2) is 46.5 Å². The summed E-state index contributed by atoms with van der Waals surface area (Å²) in [4.78, 5) is 12.2. The van der Waals surface area contributed by atoms with E-state index in [-0.39, 0.29) is 11.9 Å². The number of aromatic nitrogens is 3. The number of anilines is 1. The maximum Gasteiger partial charge on any atom is 0.243 e. The van der Waals surface area contributed by atoms with Crippen molar-refractivity contribution < 1.29 is 9.53 Å². The van der Waals surface area contributed by atoms with Crippen LogP contribution < -0.4 is 10.6 Å². The molecule has 0 spiro atoms. The summed E-state index contributed by atoms with van der Waals surface area (Å²) >= 11 is 0. The van der Waals surface area contributed by atoms with E-state index in [1.165, 1.54) is 12.8 Å². The molecule has 2 aliphatic heterocycles. The SMILES string of the molecule is O=C(Nc1ccc(-c2nnc3n2CCCC3)cc1)C1COCCN1. The van der Waals surface area contributed by atoms with Gasteiger partial charge in [-0.15, -0.1) is 10.2 Å². The predicted octanol–water partition coefficient (Wildman–Crippen LogP) is 1.21. The Labute approximate surface area is 140 Å². The summed E-state index contributed by atoms with van der Waals surface area (Å²) in [6.45, 7) is 2.75. The topological polar surface area (TPSA) is 81.1 Å². The van der Waals surface area contributed by atoms with Crippen molar-refractivity contribution in [2.75, 3.05) is 25.1 Å². The number of benzene rings is 1. The van der Waals surface area contributed by atoms with Gasteiger partial charge in [0.15, 0.2) is 5.82 Å². The van der Waals surface area contributed by atoms with Crippen LogP contribution in [0.15, 0.2) is 24.3 Å². The Balaban J connectivity index is 1.46. The Hall–Kier alpha value is -2.25. The normalized spacial score (nSPS) is 20.4. The molecule has 1 aromatic heterocycles. The standard InChI is InChI=1S/C17H21N5O2/c23-17(14-11-24-10-8-18-14)19-13-6-4-12(5-7-13)16-21-20-15-3-1-2-9-22(15)16/h4-7,14,18H,1-3,8-11H2,(H,19,23). The number of carbonyl (C=O) groups is 1. The third-order valence-electron chi connectivity index (χ3n) is 4.51. The van der Waals surface area contributed by atoms with Gasteiger partial charge >= 0.3 is 0 Å². The molecule has 1 aromatic carbocycles. The third kappa shape index (κ3) is 3.05. The summed E-state index contributed by atoms with van der Waals surface area (Å²) in [5.74, 6) is 1.91. The van der Waals surface area contributed by atoms with E-state index in [1.54, 1.807) is 0 Å². The molecular formula is C17H21N5O2. The number of nitrogens with one attached hydrogen (secondary N) is 2. The fourth-order valence-corrected chi connectivity index (χ4v) is 3.19. The van der Waals surface area contributed by atoms with Gasteiger partial charge in [0.05, 0.1) is 13.2 Å². The Kier molecular flexibility index (Phi) is 4.27. The lowest BCUT2D eigenvalue weighted by molar-refractivity contribution is -0.120. The summed E-state index contributed by atoms with van der Waals surface area (Å²) < 4.78 is 7.52. The Morgan fingerprint density at radius 1 is 1.25 bits per heavy atom. The summed E-state index contributed by atoms with van der Waals surface area (Å²) in [6, 6.07) is 7.48. The first-order valence-corrected chi connectivity index (χ1v) is 8.46. The summed E-state index contributed by atoms with van der Waals surface area (Å²) in [7, 11) is 0. The number of hydrogen-bond donors (Lipinski definition) is 2. The highest BCUT2D eigenvalue weighted by atomic mass is 16.5. The van der Waals surface area contributed by atoms with Gasteiger partial charge < -0.3 is 19.9 Å². The first kappa shape index (κ1) is 15.3. The highest BCUT2D eigenvalue weighted by Crippen LogP contribution is 2.24. The molecule has 1 unspecified atom stereocenters. The minimum Gasteiger partial charge on any atom is -0.378 e. The van der Waals surface area contributed by atoms with Gasteiger partial charge in [-0.1, -0.05) is 0 Å². The van der Waals surface area contributed by atoms with Crippen molar-refractivity contribution in [1.82, 2.24) is 20.1 Å². The average Bonchev–Trinajstić information content (AvgIpc) is 3.07. The molecule has 2 aromatic rings. The Morgan fingerprint density at radius 2 is 2.12 bits per heavy atom. The lowest BCUT2D eigenvalue weighted by Crippen LogP contribution is -2.48.